The van der Waals surface area contributed by atoms with Crippen molar-refractivity contribution in [3.8, 4) is 0 Å². The standard InChI is InChI=1S/C16H17N3O6/c20-7-9(21)6-17-8-1-2-10-11(5-8)16(25)19(15(10)24)12-3-4-13(22)18-14(12)23/h1-2,5,9,12,17,20-21H,3-4,6-7H2,(H,18,22,23). The van der Waals surface area contributed by atoms with Gasteiger partial charge in [-0.1, -0.05) is 0 Å². The number of nitrogens with zero attached hydrogens (tertiary/aromatic N) is 1. The predicted octanol–water partition coefficient (Wildman–Crippen LogP) is -1.15. The summed E-state index contributed by atoms with van der Waals surface area (Å²) < 4.78 is 0. The fourth-order valence-electron chi connectivity index (χ4n) is 2.88. The van der Waals surface area contributed by atoms with Crippen molar-refractivity contribution in [3.05, 3.63) is 29.3 Å². The van der Waals surface area contributed by atoms with Crippen LogP contribution in [0.2, 0.25) is 0 Å². The van der Waals surface area contributed by atoms with Gasteiger partial charge in [-0.15, -0.1) is 0 Å². The van der Waals surface area contributed by atoms with Crippen molar-refractivity contribution in [1.82, 2.24) is 10.2 Å². The van der Waals surface area contributed by atoms with Gasteiger partial charge < -0.3 is 15.5 Å². The van der Waals surface area contributed by atoms with Gasteiger partial charge in [-0.05, 0) is 24.6 Å². The third-order valence-electron chi connectivity index (χ3n) is 4.19. The van der Waals surface area contributed by atoms with E-state index in [0.717, 1.165) is 4.90 Å². The second-order valence-corrected chi connectivity index (χ2v) is 5.92. The highest BCUT2D eigenvalue weighted by atomic mass is 16.3. The second-order valence-electron chi connectivity index (χ2n) is 5.92. The SMILES string of the molecule is O=C1CCC(N2C(=O)c3ccc(NCC(O)CO)cc3C2=O)C(=O)N1. The van der Waals surface area contributed by atoms with Crippen LogP contribution in [0.15, 0.2) is 18.2 Å². The summed E-state index contributed by atoms with van der Waals surface area (Å²) in [5.74, 6) is -2.25. The molecule has 2 unspecified atom stereocenters. The van der Waals surface area contributed by atoms with Gasteiger partial charge in [0.25, 0.3) is 11.8 Å². The molecule has 25 heavy (non-hydrogen) atoms. The highest BCUT2D eigenvalue weighted by molar-refractivity contribution is 6.23. The van der Waals surface area contributed by atoms with Gasteiger partial charge in [0.15, 0.2) is 0 Å². The van der Waals surface area contributed by atoms with E-state index in [1.54, 1.807) is 6.07 Å². The van der Waals surface area contributed by atoms with E-state index in [1.165, 1.54) is 12.1 Å². The lowest BCUT2D eigenvalue weighted by Gasteiger charge is -2.27. The maximum atomic E-state index is 12.6. The number of fused-ring (bicyclic) bond motifs is 1. The molecule has 2 heterocycles. The Balaban J connectivity index is 1.82. The monoisotopic (exact) mass is 347 g/mol. The van der Waals surface area contributed by atoms with E-state index < -0.39 is 42.4 Å². The number of amides is 4. The smallest absolute Gasteiger partial charge is 0.262 e. The maximum Gasteiger partial charge on any atom is 0.262 e. The van der Waals surface area contributed by atoms with Crippen LogP contribution in [0.1, 0.15) is 33.6 Å². The first-order valence-electron chi connectivity index (χ1n) is 7.80. The number of anilines is 1. The summed E-state index contributed by atoms with van der Waals surface area (Å²) in [5, 5.41) is 23.2. The van der Waals surface area contributed by atoms with E-state index in [-0.39, 0.29) is 30.5 Å². The van der Waals surface area contributed by atoms with Crippen LogP contribution in [0.5, 0.6) is 0 Å². The molecule has 0 aromatic heterocycles. The number of piperidine rings is 1. The van der Waals surface area contributed by atoms with Gasteiger partial charge in [-0.25, -0.2) is 0 Å². The first-order chi connectivity index (χ1) is 11.9. The molecular formula is C16H17N3O6. The van der Waals surface area contributed by atoms with Crippen LogP contribution in [-0.4, -0.2) is 64.0 Å². The van der Waals surface area contributed by atoms with E-state index in [0.29, 0.717) is 5.69 Å². The first kappa shape index (κ1) is 17.1. The van der Waals surface area contributed by atoms with Gasteiger partial charge >= 0.3 is 0 Å². The lowest BCUT2D eigenvalue weighted by atomic mass is 10.0. The molecule has 1 fully saturated rings. The van der Waals surface area contributed by atoms with Crippen LogP contribution >= 0.6 is 0 Å². The second kappa shape index (κ2) is 6.61. The molecule has 3 rings (SSSR count). The van der Waals surface area contributed by atoms with Crippen molar-refractivity contribution in [1.29, 1.82) is 0 Å². The van der Waals surface area contributed by atoms with E-state index in [4.69, 9.17) is 5.11 Å². The van der Waals surface area contributed by atoms with Crippen LogP contribution in [0.4, 0.5) is 5.69 Å². The van der Waals surface area contributed by atoms with Crippen LogP contribution in [0.25, 0.3) is 0 Å². The molecule has 0 aliphatic carbocycles. The average Bonchev–Trinajstić information content (AvgIpc) is 2.84. The molecule has 132 valence electrons. The molecule has 1 aromatic carbocycles. The Morgan fingerprint density at radius 2 is 1.92 bits per heavy atom. The number of hydrogen-bond acceptors (Lipinski definition) is 7. The molecular weight excluding hydrogens is 330 g/mol. The summed E-state index contributed by atoms with van der Waals surface area (Å²) in [7, 11) is 0. The number of imide groups is 2. The number of aliphatic hydroxyl groups is 2. The van der Waals surface area contributed by atoms with Crippen LogP contribution in [-0.2, 0) is 9.59 Å². The Labute approximate surface area is 142 Å². The minimum absolute atomic E-state index is 0.0651. The Morgan fingerprint density at radius 3 is 2.60 bits per heavy atom. The minimum atomic E-state index is -1.00. The molecule has 4 N–H and O–H groups in total. The first-order valence-corrected chi connectivity index (χ1v) is 7.80. The Kier molecular flexibility index (Phi) is 4.51. The Hall–Kier alpha value is -2.78. The Morgan fingerprint density at radius 1 is 1.20 bits per heavy atom. The van der Waals surface area contributed by atoms with Crippen molar-refractivity contribution in [3.63, 3.8) is 0 Å². The number of carbonyl (C=O) groups excluding carboxylic acids is 4. The zero-order valence-corrected chi connectivity index (χ0v) is 13.2. The summed E-state index contributed by atoms with van der Waals surface area (Å²) in [6.45, 7) is -0.326. The average molecular weight is 347 g/mol. The van der Waals surface area contributed by atoms with Gasteiger partial charge in [-0.2, -0.15) is 0 Å². The van der Waals surface area contributed by atoms with E-state index in [9.17, 15) is 24.3 Å². The largest absolute Gasteiger partial charge is 0.394 e. The van der Waals surface area contributed by atoms with Crippen LogP contribution in [0, 0.1) is 0 Å². The minimum Gasteiger partial charge on any atom is -0.394 e. The Bertz CT molecular complexity index is 762. The molecule has 9 nitrogen and oxygen atoms in total. The molecule has 2 aliphatic rings. The number of benzene rings is 1. The van der Waals surface area contributed by atoms with Gasteiger partial charge in [0.05, 0.1) is 23.8 Å². The van der Waals surface area contributed by atoms with Crippen molar-refractivity contribution < 1.29 is 29.4 Å². The molecule has 1 saturated heterocycles. The predicted molar refractivity (Wildman–Crippen MR) is 84.7 cm³/mol. The number of rotatable bonds is 5. The van der Waals surface area contributed by atoms with Gasteiger partial charge in [0.1, 0.15) is 6.04 Å². The highest BCUT2D eigenvalue weighted by Crippen LogP contribution is 2.29. The lowest BCUT2D eigenvalue weighted by molar-refractivity contribution is -0.136. The van der Waals surface area contributed by atoms with E-state index in [1.807, 2.05) is 0 Å². The van der Waals surface area contributed by atoms with Crippen molar-refractivity contribution >= 4 is 29.3 Å². The zero-order valence-electron chi connectivity index (χ0n) is 13.2. The van der Waals surface area contributed by atoms with Crippen molar-refractivity contribution in [2.45, 2.75) is 25.0 Å². The zero-order chi connectivity index (χ0) is 18.1. The summed E-state index contributed by atoms with van der Waals surface area (Å²) in [6.07, 6.45) is -0.787. The normalized spacial score (nSPS) is 21.2. The van der Waals surface area contributed by atoms with Gasteiger partial charge in [0, 0.05) is 18.7 Å². The molecule has 2 atom stereocenters. The molecule has 0 bridgehead atoms. The molecule has 0 spiro atoms. The molecule has 4 amide bonds. The third kappa shape index (κ3) is 3.11. The number of hydrogen-bond donors (Lipinski definition) is 4. The molecule has 0 saturated carbocycles. The fraction of sp³-hybridized carbons (Fsp3) is 0.375. The third-order valence-corrected chi connectivity index (χ3v) is 4.19. The maximum absolute atomic E-state index is 12.6. The van der Waals surface area contributed by atoms with E-state index in [2.05, 4.69) is 10.6 Å². The summed E-state index contributed by atoms with van der Waals surface area (Å²) in [4.78, 5) is 49.2. The molecule has 9 heteroatoms. The quantitative estimate of drug-likeness (QED) is 0.494. The molecule has 2 aliphatic heterocycles. The van der Waals surface area contributed by atoms with Crippen molar-refractivity contribution in [2.24, 2.45) is 0 Å². The summed E-state index contributed by atoms with van der Waals surface area (Å²) in [5.41, 5.74) is 0.832. The van der Waals surface area contributed by atoms with Gasteiger partial charge in [-0.3, -0.25) is 29.4 Å². The molecule has 0 radical (unpaired) electrons. The van der Waals surface area contributed by atoms with Crippen LogP contribution in [0.3, 0.4) is 0 Å². The number of carbonyl (C=O) groups is 4. The number of aliphatic hydroxyl groups excluding tert-OH is 2. The topological polar surface area (TPSA) is 136 Å². The molecule has 1 aromatic rings. The van der Waals surface area contributed by atoms with Crippen LogP contribution < -0.4 is 10.6 Å². The van der Waals surface area contributed by atoms with Crippen molar-refractivity contribution in [2.75, 3.05) is 18.5 Å². The summed E-state index contributed by atoms with van der Waals surface area (Å²) >= 11 is 0. The summed E-state index contributed by atoms with van der Waals surface area (Å²) in [6, 6.07) is 3.50. The fourth-order valence-corrected chi connectivity index (χ4v) is 2.88. The number of nitrogens with one attached hydrogen (secondary N) is 2. The van der Waals surface area contributed by atoms with E-state index >= 15 is 0 Å². The highest BCUT2D eigenvalue weighted by Gasteiger charge is 2.44. The lowest BCUT2D eigenvalue weighted by Crippen LogP contribution is -2.54. The van der Waals surface area contributed by atoms with Gasteiger partial charge in [0.2, 0.25) is 11.8 Å².